The van der Waals surface area contributed by atoms with Crippen molar-refractivity contribution in [1.82, 2.24) is 8.94 Å². The lowest BCUT2D eigenvalue weighted by molar-refractivity contribution is 0.0966. The summed E-state index contributed by atoms with van der Waals surface area (Å²) < 4.78 is 0.938. The first-order valence-corrected chi connectivity index (χ1v) is 8.32. The molecule has 1 heterocycles. The number of nitrogens with one attached hydrogen (secondary N) is 1. The Kier molecular flexibility index (Phi) is 4.58. The van der Waals surface area contributed by atoms with Gasteiger partial charge in [0.2, 0.25) is 5.13 Å². The molecule has 0 fully saturated rings. The summed E-state index contributed by atoms with van der Waals surface area (Å²) in [6, 6.07) is 14.0. The molecule has 0 aliphatic rings. The molecule has 0 spiro atoms. The fourth-order valence-electron chi connectivity index (χ4n) is 2.25. The number of amides is 1. The Morgan fingerprint density at radius 3 is 2.40 bits per heavy atom. The minimum atomic E-state index is -0.711. The second-order valence-corrected chi connectivity index (χ2v) is 6.46. The van der Waals surface area contributed by atoms with Crippen LogP contribution in [-0.2, 0) is 0 Å². The van der Waals surface area contributed by atoms with Crippen molar-refractivity contribution in [3.8, 4) is 0 Å². The number of carbonyl (C=O) groups excluding carboxylic acids is 2. The first kappa shape index (κ1) is 16.8. The van der Waals surface area contributed by atoms with Crippen molar-refractivity contribution in [2.45, 2.75) is 13.8 Å². The van der Waals surface area contributed by atoms with Crippen LogP contribution >= 0.6 is 11.5 Å². The molecule has 1 amide bonds. The SMILES string of the molecule is Cc1ccc(C(=O)Nc2nc(=O)n(C(=O)c3ccccc3C)s2)cc1. The summed E-state index contributed by atoms with van der Waals surface area (Å²) >= 11 is 0.809. The highest BCUT2D eigenvalue weighted by atomic mass is 32.1. The van der Waals surface area contributed by atoms with Crippen LogP contribution in [-0.4, -0.2) is 20.8 Å². The van der Waals surface area contributed by atoms with E-state index in [2.05, 4.69) is 10.3 Å². The summed E-state index contributed by atoms with van der Waals surface area (Å²) in [5.41, 5.74) is 1.96. The van der Waals surface area contributed by atoms with E-state index in [9.17, 15) is 14.4 Å². The molecule has 25 heavy (non-hydrogen) atoms. The van der Waals surface area contributed by atoms with Gasteiger partial charge in [-0.1, -0.05) is 35.9 Å². The summed E-state index contributed by atoms with van der Waals surface area (Å²) in [4.78, 5) is 40.5. The number of benzene rings is 2. The van der Waals surface area contributed by atoms with Gasteiger partial charge in [-0.2, -0.15) is 8.94 Å². The lowest BCUT2D eigenvalue weighted by Gasteiger charge is -2.03. The molecular weight excluding hydrogens is 338 g/mol. The van der Waals surface area contributed by atoms with Gasteiger partial charge in [-0.15, -0.1) is 0 Å². The number of aromatic nitrogens is 2. The molecule has 0 saturated heterocycles. The zero-order valence-electron chi connectivity index (χ0n) is 13.6. The van der Waals surface area contributed by atoms with E-state index < -0.39 is 11.6 Å². The van der Waals surface area contributed by atoms with Gasteiger partial charge in [0.15, 0.2) is 0 Å². The Bertz CT molecular complexity index is 1000. The van der Waals surface area contributed by atoms with Gasteiger partial charge in [0.1, 0.15) is 0 Å². The molecule has 0 unspecified atom stereocenters. The van der Waals surface area contributed by atoms with E-state index in [0.29, 0.717) is 11.1 Å². The van der Waals surface area contributed by atoms with Crippen LogP contribution in [0.5, 0.6) is 0 Å². The average molecular weight is 353 g/mol. The van der Waals surface area contributed by atoms with Crippen LogP contribution in [0.1, 0.15) is 31.8 Å². The highest BCUT2D eigenvalue weighted by Gasteiger charge is 2.18. The molecule has 3 aromatic rings. The first-order chi connectivity index (χ1) is 12.0. The van der Waals surface area contributed by atoms with Crippen molar-refractivity contribution in [3.63, 3.8) is 0 Å². The third-order valence-electron chi connectivity index (χ3n) is 3.64. The maximum absolute atomic E-state index is 12.5. The van der Waals surface area contributed by atoms with E-state index in [1.807, 2.05) is 25.1 Å². The minimum absolute atomic E-state index is 0.0810. The monoisotopic (exact) mass is 353 g/mol. The molecule has 126 valence electrons. The van der Waals surface area contributed by atoms with Crippen LogP contribution < -0.4 is 11.0 Å². The predicted molar refractivity (Wildman–Crippen MR) is 96.4 cm³/mol. The van der Waals surface area contributed by atoms with Crippen molar-refractivity contribution < 1.29 is 9.59 Å². The zero-order chi connectivity index (χ0) is 18.0. The Balaban J connectivity index is 1.84. The molecule has 0 aliphatic carbocycles. The van der Waals surface area contributed by atoms with Gasteiger partial charge < -0.3 is 0 Å². The molecule has 6 nitrogen and oxygen atoms in total. The van der Waals surface area contributed by atoms with Gasteiger partial charge in [-0.05, 0) is 49.1 Å². The highest BCUT2D eigenvalue weighted by Crippen LogP contribution is 2.15. The third-order valence-corrected chi connectivity index (χ3v) is 4.51. The Labute approximate surface area is 147 Å². The first-order valence-electron chi connectivity index (χ1n) is 7.54. The molecule has 2 aromatic carbocycles. The Morgan fingerprint density at radius 1 is 1.04 bits per heavy atom. The summed E-state index contributed by atoms with van der Waals surface area (Å²) in [6.45, 7) is 3.71. The van der Waals surface area contributed by atoms with Crippen molar-refractivity contribution in [2.24, 2.45) is 0 Å². The van der Waals surface area contributed by atoms with Gasteiger partial charge >= 0.3 is 5.69 Å². The van der Waals surface area contributed by atoms with E-state index in [0.717, 1.165) is 26.6 Å². The van der Waals surface area contributed by atoms with Crippen LogP contribution in [0.25, 0.3) is 0 Å². The van der Waals surface area contributed by atoms with E-state index in [1.54, 1.807) is 37.3 Å². The Morgan fingerprint density at radius 2 is 1.72 bits per heavy atom. The lowest BCUT2D eigenvalue weighted by atomic mass is 10.1. The van der Waals surface area contributed by atoms with Crippen molar-refractivity contribution in [2.75, 3.05) is 5.32 Å². The molecule has 0 bridgehead atoms. The fraction of sp³-hybridized carbons (Fsp3) is 0.111. The van der Waals surface area contributed by atoms with Crippen molar-refractivity contribution in [1.29, 1.82) is 0 Å². The number of rotatable bonds is 3. The van der Waals surface area contributed by atoms with Crippen LogP contribution in [0.2, 0.25) is 0 Å². The molecule has 0 radical (unpaired) electrons. The lowest BCUT2D eigenvalue weighted by Crippen LogP contribution is -2.23. The number of nitrogens with zero attached hydrogens (tertiary/aromatic N) is 2. The number of hydrogen-bond donors (Lipinski definition) is 1. The summed E-state index contributed by atoms with van der Waals surface area (Å²) in [5, 5.41) is 2.64. The van der Waals surface area contributed by atoms with E-state index in [-0.39, 0.29) is 11.0 Å². The van der Waals surface area contributed by atoms with E-state index >= 15 is 0 Å². The second-order valence-electron chi connectivity index (χ2n) is 5.53. The third kappa shape index (κ3) is 3.56. The Hall–Kier alpha value is -3.06. The van der Waals surface area contributed by atoms with Crippen LogP contribution in [0.4, 0.5) is 5.13 Å². The van der Waals surface area contributed by atoms with E-state index in [4.69, 9.17) is 0 Å². The number of anilines is 1. The van der Waals surface area contributed by atoms with Crippen LogP contribution in [0, 0.1) is 13.8 Å². The topological polar surface area (TPSA) is 81.1 Å². The zero-order valence-corrected chi connectivity index (χ0v) is 14.5. The van der Waals surface area contributed by atoms with Crippen LogP contribution in [0.15, 0.2) is 53.3 Å². The van der Waals surface area contributed by atoms with Crippen molar-refractivity contribution in [3.05, 3.63) is 81.3 Å². The molecule has 7 heteroatoms. The minimum Gasteiger partial charge on any atom is -0.297 e. The second kappa shape index (κ2) is 6.82. The van der Waals surface area contributed by atoms with Gasteiger partial charge in [0.25, 0.3) is 11.8 Å². The highest BCUT2D eigenvalue weighted by molar-refractivity contribution is 7.11. The largest absolute Gasteiger partial charge is 0.367 e. The summed E-state index contributed by atoms with van der Waals surface area (Å²) in [6.07, 6.45) is 0. The molecule has 0 aliphatic heterocycles. The van der Waals surface area contributed by atoms with Crippen molar-refractivity contribution >= 4 is 28.5 Å². The fourth-order valence-corrected chi connectivity index (χ4v) is 2.98. The maximum Gasteiger partial charge on any atom is 0.367 e. The van der Waals surface area contributed by atoms with E-state index in [1.165, 1.54) is 0 Å². The smallest absolute Gasteiger partial charge is 0.297 e. The van der Waals surface area contributed by atoms with Gasteiger partial charge in [0, 0.05) is 11.1 Å². The van der Waals surface area contributed by atoms with Gasteiger partial charge in [-0.3, -0.25) is 14.9 Å². The number of aryl methyl sites for hydroxylation is 2. The maximum atomic E-state index is 12.5. The molecule has 0 atom stereocenters. The molecule has 1 N–H and O–H groups in total. The molecule has 3 rings (SSSR count). The average Bonchev–Trinajstić information content (AvgIpc) is 2.95. The predicted octanol–water partition coefficient (Wildman–Crippen LogP) is 2.86. The standard InChI is InChI=1S/C18H15N3O3S/c1-11-7-9-13(10-8-11)15(22)19-17-20-18(24)21(25-17)16(23)14-6-4-3-5-12(14)2/h3-10H,1-2H3,(H,19,20,22,24). The number of hydrogen-bond acceptors (Lipinski definition) is 5. The van der Waals surface area contributed by atoms with Gasteiger partial charge in [-0.25, -0.2) is 4.79 Å². The summed E-state index contributed by atoms with van der Waals surface area (Å²) in [7, 11) is 0. The number of carbonyl (C=O) groups is 2. The summed E-state index contributed by atoms with van der Waals surface area (Å²) in [5.74, 6) is -0.847. The van der Waals surface area contributed by atoms with Gasteiger partial charge in [0.05, 0.1) is 0 Å². The molecule has 0 saturated carbocycles. The quantitative estimate of drug-likeness (QED) is 0.785. The molecule has 1 aromatic heterocycles. The normalized spacial score (nSPS) is 10.5. The molecular formula is C18H15N3O3S. The van der Waals surface area contributed by atoms with Crippen LogP contribution in [0.3, 0.4) is 0 Å².